The van der Waals surface area contributed by atoms with E-state index < -0.39 is 5.97 Å². The summed E-state index contributed by atoms with van der Waals surface area (Å²) >= 11 is 12.6. The second-order valence-electron chi connectivity index (χ2n) is 6.87. The number of ether oxygens (including phenoxy) is 1. The van der Waals surface area contributed by atoms with E-state index >= 15 is 0 Å². The van der Waals surface area contributed by atoms with Crippen molar-refractivity contribution in [2.45, 2.75) is 13.8 Å². The number of halogens is 2. The lowest BCUT2D eigenvalue weighted by Gasteiger charge is -2.14. The van der Waals surface area contributed by atoms with Crippen molar-refractivity contribution in [3.8, 4) is 22.7 Å². The minimum absolute atomic E-state index is 0.0348. The van der Waals surface area contributed by atoms with Gasteiger partial charge in [0.05, 0.1) is 29.3 Å². The molecule has 7 heteroatoms. The van der Waals surface area contributed by atoms with Gasteiger partial charge in [-0.15, -0.1) is 0 Å². The molecule has 0 amide bonds. The molecule has 4 aromatic rings. The number of aromatic hydroxyl groups is 1. The van der Waals surface area contributed by atoms with Crippen LogP contribution < -0.4 is 0 Å². The van der Waals surface area contributed by atoms with Gasteiger partial charge in [0, 0.05) is 32.6 Å². The summed E-state index contributed by atoms with van der Waals surface area (Å²) in [5.74, 6) is -0.597. The van der Waals surface area contributed by atoms with Gasteiger partial charge in [0.1, 0.15) is 0 Å². The number of pyridine rings is 1. The summed E-state index contributed by atoms with van der Waals surface area (Å²) in [7, 11) is 1.31. The van der Waals surface area contributed by atoms with E-state index in [0.29, 0.717) is 37.8 Å². The van der Waals surface area contributed by atoms with Gasteiger partial charge in [-0.05, 0) is 38.1 Å². The maximum absolute atomic E-state index is 12.7. The summed E-state index contributed by atoms with van der Waals surface area (Å²) in [6.07, 6.45) is 0. The second-order valence-corrected chi connectivity index (χ2v) is 7.71. The molecule has 152 valence electrons. The van der Waals surface area contributed by atoms with Gasteiger partial charge in [-0.1, -0.05) is 47.5 Å². The summed E-state index contributed by atoms with van der Waals surface area (Å²) in [5.41, 5.74) is 3.81. The van der Waals surface area contributed by atoms with Crippen molar-refractivity contribution in [1.82, 2.24) is 9.55 Å². The molecule has 0 fully saturated rings. The molecule has 30 heavy (non-hydrogen) atoms. The van der Waals surface area contributed by atoms with Crippen molar-refractivity contribution < 1.29 is 14.6 Å². The second kappa shape index (κ2) is 7.67. The third kappa shape index (κ3) is 3.11. The Morgan fingerprint density at radius 2 is 1.80 bits per heavy atom. The molecule has 0 aliphatic carbocycles. The first kappa shape index (κ1) is 20.3. The molecule has 0 spiro atoms. The standard InChI is InChI=1S/C23H18Cl2N2O3/c1-12-18(23(29)30-3)19(16-10-9-14(24)11-17(16)25)20-21(26-12)13(2)27(22(20)28)15-7-5-4-6-8-15/h4-11,28H,1-3H3. The van der Waals surface area contributed by atoms with Crippen molar-refractivity contribution in [3.05, 3.63) is 75.5 Å². The third-order valence-electron chi connectivity index (χ3n) is 5.10. The normalized spacial score (nSPS) is 11.1. The number of methoxy groups -OCH3 is 1. The Balaban J connectivity index is 2.20. The van der Waals surface area contributed by atoms with Crippen LogP contribution in [0.3, 0.4) is 0 Å². The van der Waals surface area contributed by atoms with E-state index in [1.807, 2.05) is 37.3 Å². The fraction of sp³-hybridized carbons (Fsp3) is 0.130. The number of aryl methyl sites for hydroxylation is 2. The Morgan fingerprint density at radius 1 is 1.10 bits per heavy atom. The van der Waals surface area contributed by atoms with Crippen LogP contribution in [0.25, 0.3) is 27.7 Å². The van der Waals surface area contributed by atoms with Crippen LogP contribution in [0.4, 0.5) is 0 Å². The first-order valence-corrected chi connectivity index (χ1v) is 9.94. The molecule has 0 saturated carbocycles. The highest BCUT2D eigenvalue weighted by molar-refractivity contribution is 6.37. The number of esters is 1. The van der Waals surface area contributed by atoms with Gasteiger partial charge in [0.25, 0.3) is 0 Å². The maximum Gasteiger partial charge on any atom is 0.340 e. The van der Waals surface area contributed by atoms with E-state index in [9.17, 15) is 9.90 Å². The lowest BCUT2D eigenvalue weighted by molar-refractivity contribution is 0.0600. The van der Waals surface area contributed by atoms with Crippen LogP contribution in [0.15, 0.2) is 48.5 Å². The van der Waals surface area contributed by atoms with E-state index in [-0.39, 0.29) is 11.4 Å². The molecule has 0 aliphatic heterocycles. The van der Waals surface area contributed by atoms with Gasteiger partial charge in [-0.25, -0.2) is 4.79 Å². The zero-order chi connectivity index (χ0) is 21.6. The summed E-state index contributed by atoms with van der Waals surface area (Å²) in [6, 6.07) is 14.4. The number of hydrogen-bond donors (Lipinski definition) is 1. The smallest absolute Gasteiger partial charge is 0.340 e. The predicted octanol–water partition coefficient (Wildman–Crippen LogP) is 6.11. The van der Waals surface area contributed by atoms with Gasteiger partial charge < -0.3 is 9.84 Å². The van der Waals surface area contributed by atoms with Crippen LogP contribution in [0.5, 0.6) is 5.88 Å². The highest BCUT2D eigenvalue weighted by Crippen LogP contribution is 2.44. The summed E-state index contributed by atoms with van der Waals surface area (Å²) in [6.45, 7) is 3.60. The number of aromatic nitrogens is 2. The van der Waals surface area contributed by atoms with E-state index in [0.717, 1.165) is 11.4 Å². The Morgan fingerprint density at radius 3 is 2.43 bits per heavy atom. The molecule has 1 N–H and O–H groups in total. The average Bonchev–Trinajstić information content (AvgIpc) is 2.97. The molecule has 2 aromatic carbocycles. The monoisotopic (exact) mass is 440 g/mol. The Kier molecular flexibility index (Phi) is 5.18. The van der Waals surface area contributed by atoms with E-state index in [1.165, 1.54) is 7.11 Å². The van der Waals surface area contributed by atoms with E-state index in [1.54, 1.807) is 29.7 Å². The zero-order valence-electron chi connectivity index (χ0n) is 16.5. The zero-order valence-corrected chi connectivity index (χ0v) is 18.0. The highest BCUT2D eigenvalue weighted by atomic mass is 35.5. The molecule has 0 saturated heterocycles. The number of fused-ring (bicyclic) bond motifs is 1. The van der Waals surface area contributed by atoms with Gasteiger partial charge in [-0.2, -0.15) is 0 Å². The number of para-hydroxylation sites is 1. The van der Waals surface area contributed by atoms with Gasteiger partial charge in [0.15, 0.2) is 0 Å². The third-order valence-corrected chi connectivity index (χ3v) is 5.64. The molecule has 2 aromatic heterocycles. The molecule has 5 nitrogen and oxygen atoms in total. The predicted molar refractivity (Wildman–Crippen MR) is 119 cm³/mol. The van der Waals surface area contributed by atoms with Crippen molar-refractivity contribution in [1.29, 1.82) is 0 Å². The lowest BCUT2D eigenvalue weighted by atomic mass is 9.95. The molecule has 2 heterocycles. The number of rotatable bonds is 3. The molecular weight excluding hydrogens is 423 g/mol. The molecule has 0 aliphatic rings. The Hall–Kier alpha value is -3.02. The van der Waals surface area contributed by atoms with Crippen LogP contribution in [0.1, 0.15) is 21.7 Å². The number of carbonyl (C=O) groups excluding carboxylic acids is 1. The number of hydrogen-bond acceptors (Lipinski definition) is 4. The van der Waals surface area contributed by atoms with Crippen LogP contribution in [-0.4, -0.2) is 27.7 Å². The Bertz CT molecular complexity index is 1300. The van der Waals surface area contributed by atoms with Crippen LogP contribution in [0, 0.1) is 13.8 Å². The number of benzene rings is 2. The summed E-state index contributed by atoms with van der Waals surface area (Å²) in [5, 5.41) is 12.5. The Labute approximate surface area is 183 Å². The van der Waals surface area contributed by atoms with Crippen molar-refractivity contribution in [2.24, 2.45) is 0 Å². The highest BCUT2D eigenvalue weighted by Gasteiger charge is 2.28. The fourth-order valence-corrected chi connectivity index (χ4v) is 4.27. The molecule has 0 unspecified atom stereocenters. The summed E-state index contributed by atoms with van der Waals surface area (Å²) < 4.78 is 6.72. The van der Waals surface area contributed by atoms with Crippen LogP contribution in [0.2, 0.25) is 10.0 Å². The topological polar surface area (TPSA) is 64.3 Å². The van der Waals surface area contributed by atoms with Crippen molar-refractivity contribution in [3.63, 3.8) is 0 Å². The van der Waals surface area contributed by atoms with Gasteiger partial charge in [0.2, 0.25) is 5.88 Å². The summed E-state index contributed by atoms with van der Waals surface area (Å²) in [4.78, 5) is 17.3. The first-order valence-electron chi connectivity index (χ1n) is 9.18. The van der Waals surface area contributed by atoms with E-state index in [2.05, 4.69) is 4.98 Å². The minimum atomic E-state index is -0.563. The molecule has 0 radical (unpaired) electrons. The molecule has 0 atom stereocenters. The van der Waals surface area contributed by atoms with Crippen molar-refractivity contribution >= 4 is 40.1 Å². The number of nitrogens with zero attached hydrogens (tertiary/aromatic N) is 2. The first-order chi connectivity index (χ1) is 14.3. The molecule has 4 rings (SSSR count). The van der Waals surface area contributed by atoms with Gasteiger partial charge >= 0.3 is 5.97 Å². The maximum atomic E-state index is 12.7. The molecular formula is C23H18Cl2N2O3. The van der Waals surface area contributed by atoms with E-state index in [4.69, 9.17) is 27.9 Å². The quantitative estimate of drug-likeness (QED) is 0.390. The fourth-order valence-electron chi connectivity index (χ4n) is 3.77. The average molecular weight is 441 g/mol. The largest absolute Gasteiger partial charge is 0.494 e. The van der Waals surface area contributed by atoms with Crippen LogP contribution in [-0.2, 0) is 4.74 Å². The molecule has 0 bridgehead atoms. The van der Waals surface area contributed by atoms with Crippen LogP contribution >= 0.6 is 23.2 Å². The van der Waals surface area contributed by atoms with Gasteiger partial charge in [-0.3, -0.25) is 9.55 Å². The number of carbonyl (C=O) groups is 1. The lowest BCUT2D eigenvalue weighted by Crippen LogP contribution is -2.08. The van der Waals surface area contributed by atoms with Crippen molar-refractivity contribution in [2.75, 3.05) is 7.11 Å². The minimum Gasteiger partial charge on any atom is -0.494 e. The SMILES string of the molecule is COC(=O)c1c(C)nc2c(C)n(-c3ccccc3)c(O)c2c1-c1ccc(Cl)cc1Cl.